The van der Waals surface area contributed by atoms with Gasteiger partial charge in [-0.2, -0.15) is 0 Å². The van der Waals surface area contributed by atoms with Crippen LogP contribution in [0, 0.1) is 5.92 Å². The summed E-state index contributed by atoms with van der Waals surface area (Å²) in [4.78, 5) is 9.96. The second-order valence-corrected chi connectivity index (χ2v) is 7.24. The molecule has 0 unspecified atom stereocenters. The van der Waals surface area contributed by atoms with E-state index in [2.05, 4.69) is 33.9 Å². The highest BCUT2D eigenvalue weighted by molar-refractivity contribution is 6.03. The van der Waals surface area contributed by atoms with Crippen LogP contribution in [-0.4, -0.2) is 36.5 Å². The monoisotopic (exact) mass is 363 g/mol. The van der Waals surface area contributed by atoms with Gasteiger partial charge in [-0.05, 0) is 61.2 Å². The number of benzene rings is 2. The van der Waals surface area contributed by atoms with Crippen LogP contribution in [0.4, 0.5) is 11.4 Å². The van der Waals surface area contributed by atoms with E-state index in [1.807, 2.05) is 30.3 Å². The molecule has 0 radical (unpaired) electrons. The minimum atomic E-state index is 0.112. The Balaban J connectivity index is 1.54. The van der Waals surface area contributed by atoms with E-state index >= 15 is 0 Å². The van der Waals surface area contributed by atoms with Crippen molar-refractivity contribution in [3.63, 3.8) is 0 Å². The molecule has 0 amide bonds. The summed E-state index contributed by atoms with van der Waals surface area (Å²) in [5.74, 6) is 1.69. The van der Waals surface area contributed by atoms with E-state index in [1.165, 1.54) is 18.5 Å². The van der Waals surface area contributed by atoms with Gasteiger partial charge in [0.2, 0.25) is 0 Å². The van der Waals surface area contributed by atoms with Gasteiger partial charge < -0.3 is 19.7 Å². The molecule has 2 N–H and O–H groups in total. The molecule has 0 saturated carbocycles. The van der Waals surface area contributed by atoms with Gasteiger partial charge in [0.15, 0.2) is 5.88 Å². The number of rotatable bonds is 4. The van der Waals surface area contributed by atoms with Crippen LogP contribution >= 0.6 is 0 Å². The molecular formula is C22H25N3O2. The quantitative estimate of drug-likeness (QED) is 0.650. The van der Waals surface area contributed by atoms with Gasteiger partial charge in [0.25, 0.3) is 0 Å². The molecule has 0 aliphatic carbocycles. The maximum atomic E-state index is 10.2. The molecule has 1 aliphatic heterocycles. The van der Waals surface area contributed by atoms with Gasteiger partial charge in [-0.1, -0.05) is 6.92 Å². The van der Waals surface area contributed by atoms with Crippen molar-refractivity contribution in [1.29, 1.82) is 0 Å². The van der Waals surface area contributed by atoms with Crippen LogP contribution < -0.4 is 9.64 Å². The smallest absolute Gasteiger partial charge is 0.198 e. The van der Waals surface area contributed by atoms with E-state index in [4.69, 9.17) is 4.74 Å². The third-order valence-corrected chi connectivity index (χ3v) is 5.37. The minimum Gasteiger partial charge on any atom is -0.497 e. The van der Waals surface area contributed by atoms with Crippen molar-refractivity contribution in [2.45, 2.75) is 19.8 Å². The molecule has 1 fully saturated rings. The zero-order valence-electron chi connectivity index (χ0n) is 15.8. The molecule has 27 heavy (non-hydrogen) atoms. The molecule has 1 aliphatic rings. The number of nitrogens with zero attached hydrogens (tertiary/aromatic N) is 2. The Kier molecular flexibility index (Phi) is 4.75. The normalized spacial score (nSPS) is 15.7. The topological polar surface area (TPSA) is 60.9 Å². The van der Waals surface area contributed by atoms with Crippen molar-refractivity contribution in [2.24, 2.45) is 10.9 Å². The largest absolute Gasteiger partial charge is 0.497 e. The van der Waals surface area contributed by atoms with Crippen molar-refractivity contribution >= 4 is 28.5 Å². The van der Waals surface area contributed by atoms with Gasteiger partial charge in [-0.3, -0.25) is 4.99 Å². The third kappa shape index (κ3) is 3.63. The Hall–Kier alpha value is -2.95. The van der Waals surface area contributed by atoms with Crippen molar-refractivity contribution in [3.05, 3.63) is 48.0 Å². The summed E-state index contributed by atoms with van der Waals surface area (Å²) < 4.78 is 5.28. The SMILES string of the molecule is COc1ccc2[nH]c(O)c(C=Nc3ccc(N4CCC(C)CC4)cc3)c2c1. The summed E-state index contributed by atoms with van der Waals surface area (Å²) in [5.41, 5.74) is 3.63. The van der Waals surface area contributed by atoms with Crippen molar-refractivity contribution in [3.8, 4) is 11.6 Å². The number of hydrogen-bond donors (Lipinski definition) is 2. The van der Waals surface area contributed by atoms with E-state index in [9.17, 15) is 5.11 Å². The van der Waals surface area contributed by atoms with Crippen LogP contribution in [0.2, 0.25) is 0 Å². The van der Waals surface area contributed by atoms with E-state index < -0.39 is 0 Å². The van der Waals surface area contributed by atoms with Gasteiger partial charge in [-0.25, -0.2) is 0 Å². The second kappa shape index (κ2) is 7.35. The first-order chi connectivity index (χ1) is 13.1. The Bertz CT molecular complexity index is 952. The lowest BCUT2D eigenvalue weighted by Gasteiger charge is -2.32. The first-order valence-corrected chi connectivity index (χ1v) is 9.42. The summed E-state index contributed by atoms with van der Waals surface area (Å²) in [7, 11) is 1.63. The highest BCUT2D eigenvalue weighted by atomic mass is 16.5. The lowest BCUT2D eigenvalue weighted by Crippen LogP contribution is -2.32. The van der Waals surface area contributed by atoms with Gasteiger partial charge in [0.05, 0.1) is 18.4 Å². The molecule has 5 heteroatoms. The highest BCUT2D eigenvalue weighted by Crippen LogP contribution is 2.30. The fourth-order valence-corrected chi connectivity index (χ4v) is 3.59. The maximum Gasteiger partial charge on any atom is 0.198 e. The standard InChI is InChI=1S/C22H25N3O2/c1-15-9-11-25(12-10-15)17-5-3-16(4-6-17)23-14-20-19-13-18(27-2)7-8-21(19)24-22(20)26/h3-8,13-15,24,26H,9-12H2,1-2H3. The molecule has 140 valence electrons. The molecule has 0 atom stereocenters. The van der Waals surface area contributed by atoms with E-state index in [-0.39, 0.29) is 5.88 Å². The molecule has 0 spiro atoms. The average Bonchev–Trinajstić information content (AvgIpc) is 3.01. The molecule has 4 rings (SSSR count). The first kappa shape index (κ1) is 17.5. The molecule has 2 heterocycles. The average molecular weight is 363 g/mol. The van der Waals surface area contributed by atoms with Gasteiger partial charge in [-0.15, -0.1) is 0 Å². The number of aliphatic imine (C=N–C) groups is 1. The van der Waals surface area contributed by atoms with Crippen LogP contribution in [0.25, 0.3) is 10.9 Å². The molecule has 1 aromatic heterocycles. The molecule has 1 saturated heterocycles. The van der Waals surface area contributed by atoms with Crippen LogP contribution in [0.3, 0.4) is 0 Å². The Morgan fingerprint density at radius 1 is 1.15 bits per heavy atom. The fraction of sp³-hybridized carbons (Fsp3) is 0.318. The number of aromatic nitrogens is 1. The Morgan fingerprint density at radius 2 is 1.89 bits per heavy atom. The number of ether oxygens (including phenoxy) is 1. The van der Waals surface area contributed by atoms with Crippen molar-refractivity contribution in [2.75, 3.05) is 25.1 Å². The third-order valence-electron chi connectivity index (χ3n) is 5.37. The van der Waals surface area contributed by atoms with Gasteiger partial charge in [0, 0.05) is 35.9 Å². The molecule has 0 bridgehead atoms. The Labute approximate surface area is 159 Å². The Morgan fingerprint density at radius 3 is 2.59 bits per heavy atom. The number of nitrogens with one attached hydrogen (secondary N) is 1. The van der Waals surface area contributed by atoms with Crippen LogP contribution in [0.5, 0.6) is 11.6 Å². The number of anilines is 1. The van der Waals surface area contributed by atoms with E-state index in [0.717, 1.165) is 41.3 Å². The fourth-order valence-electron chi connectivity index (χ4n) is 3.59. The van der Waals surface area contributed by atoms with E-state index in [0.29, 0.717) is 5.56 Å². The van der Waals surface area contributed by atoms with Gasteiger partial charge in [0.1, 0.15) is 5.75 Å². The predicted molar refractivity (Wildman–Crippen MR) is 111 cm³/mol. The molecule has 2 aromatic carbocycles. The van der Waals surface area contributed by atoms with Crippen molar-refractivity contribution in [1.82, 2.24) is 4.98 Å². The van der Waals surface area contributed by atoms with Crippen molar-refractivity contribution < 1.29 is 9.84 Å². The number of H-pyrrole nitrogens is 1. The first-order valence-electron chi connectivity index (χ1n) is 9.42. The van der Waals surface area contributed by atoms with Crippen LogP contribution in [-0.2, 0) is 0 Å². The zero-order valence-corrected chi connectivity index (χ0v) is 15.8. The second-order valence-electron chi connectivity index (χ2n) is 7.24. The molecule has 3 aromatic rings. The summed E-state index contributed by atoms with van der Waals surface area (Å²) >= 11 is 0. The number of aromatic hydroxyl groups is 1. The van der Waals surface area contributed by atoms with Gasteiger partial charge >= 0.3 is 0 Å². The highest BCUT2D eigenvalue weighted by Gasteiger charge is 2.15. The number of hydrogen-bond acceptors (Lipinski definition) is 4. The van der Waals surface area contributed by atoms with Crippen LogP contribution in [0.15, 0.2) is 47.5 Å². The number of aromatic amines is 1. The number of piperidine rings is 1. The predicted octanol–water partition coefficient (Wildman–Crippen LogP) is 4.87. The summed E-state index contributed by atoms with van der Waals surface area (Å²) in [6, 6.07) is 13.9. The summed E-state index contributed by atoms with van der Waals surface area (Å²) in [6.45, 7) is 4.56. The number of methoxy groups -OCH3 is 1. The lowest BCUT2D eigenvalue weighted by molar-refractivity contribution is 0.415. The lowest BCUT2D eigenvalue weighted by atomic mass is 9.99. The van der Waals surface area contributed by atoms with Crippen LogP contribution in [0.1, 0.15) is 25.3 Å². The van der Waals surface area contributed by atoms with E-state index in [1.54, 1.807) is 13.3 Å². The number of fused-ring (bicyclic) bond motifs is 1. The summed E-state index contributed by atoms with van der Waals surface area (Å²) in [5, 5.41) is 11.1. The molecular weight excluding hydrogens is 338 g/mol. The summed E-state index contributed by atoms with van der Waals surface area (Å²) in [6.07, 6.45) is 4.21. The zero-order chi connectivity index (χ0) is 18.8. The molecule has 5 nitrogen and oxygen atoms in total. The maximum absolute atomic E-state index is 10.2. The minimum absolute atomic E-state index is 0.112.